The first-order valence-electron chi connectivity index (χ1n) is 10.6. The van der Waals surface area contributed by atoms with Crippen LogP contribution in [0.4, 0.5) is 17.5 Å². The van der Waals surface area contributed by atoms with E-state index in [0.717, 1.165) is 46.6 Å². The lowest BCUT2D eigenvalue weighted by molar-refractivity contribution is 0.744. The zero-order valence-electron chi connectivity index (χ0n) is 18.7. The minimum Gasteiger partial charge on any atom is -0.355 e. The summed E-state index contributed by atoms with van der Waals surface area (Å²) in [6.45, 7) is 10.3. The van der Waals surface area contributed by atoms with E-state index in [-0.39, 0.29) is 0 Å². The Kier molecular flexibility index (Phi) is 5.79. The fraction of sp³-hybridized carbons (Fsp3) is 0.348. The summed E-state index contributed by atoms with van der Waals surface area (Å²) >= 11 is 0. The maximum atomic E-state index is 4.77. The number of aromatic nitrogens is 6. The van der Waals surface area contributed by atoms with Crippen LogP contribution >= 0.6 is 0 Å². The monoisotopic (exact) mass is 416 g/mol. The molecule has 0 aliphatic heterocycles. The fourth-order valence-electron chi connectivity index (χ4n) is 3.55. The molecule has 0 aliphatic carbocycles. The first-order valence-corrected chi connectivity index (χ1v) is 10.6. The summed E-state index contributed by atoms with van der Waals surface area (Å²) in [6.07, 6.45) is 5.71. The second kappa shape index (κ2) is 8.67. The molecule has 0 saturated heterocycles. The van der Waals surface area contributed by atoms with Gasteiger partial charge in [0.1, 0.15) is 5.82 Å². The lowest BCUT2D eigenvalue weighted by Gasteiger charge is -2.19. The molecule has 0 aliphatic rings. The number of aryl methyl sites for hydroxylation is 1. The number of fused-ring (bicyclic) bond motifs is 1. The zero-order valence-corrected chi connectivity index (χ0v) is 18.7. The largest absolute Gasteiger partial charge is 0.355 e. The van der Waals surface area contributed by atoms with Gasteiger partial charge in [-0.05, 0) is 49.6 Å². The second-order valence-electron chi connectivity index (χ2n) is 7.82. The molecule has 0 atom stereocenters. The molecule has 4 aromatic heterocycles. The molecule has 1 N–H and O–H groups in total. The number of hydrogen-bond acceptors (Lipinski definition) is 7. The zero-order chi connectivity index (χ0) is 22.0. The van der Waals surface area contributed by atoms with Gasteiger partial charge in [-0.25, -0.2) is 4.98 Å². The highest BCUT2D eigenvalue weighted by Gasteiger charge is 2.16. The molecular weight excluding hydrogens is 388 g/mol. The van der Waals surface area contributed by atoms with Crippen LogP contribution in [0.25, 0.3) is 22.2 Å². The summed E-state index contributed by atoms with van der Waals surface area (Å²) in [4.78, 5) is 11.6. The summed E-state index contributed by atoms with van der Waals surface area (Å²) < 4.78 is 1.85. The smallest absolute Gasteiger partial charge is 0.158 e. The number of pyridine rings is 2. The maximum absolute atomic E-state index is 4.77. The summed E-state index contributed by atoms with van der Waals surface area (Å²) in [5.74, 6) is 2.73. The minimum atomic E-state index is 0.381. The Morgan fingerprint density at radius 1 is 1.03 bits per heavy atom. The SMILES string of the molecule is CCN(CC)c1nn(C)cc1-c1cnc2ccc(Nc3cc(C(C)C)cnn3)nc2c1. The third kappa shape index (κ3) is 4.33. The second-order valence-corrected chi connectivity index (χ2v) is 7.82. The molecule has 4 aromatic rings. The van der Waals surface area contributed by atoms with Crippen LogP contribution in [0.5, 0.6) is 0 Å². The van der Waals surface area contributed by atoms with E-state index in [1.54, 1.807) is 6.20 Å². The quantitative estimate of drug-likeness (QED) is 0.474. The molecule has 0 saturated carbocycles. The van der Waals surface area contributed by atoms with E-state index in [4.69, 9.17) is 4.98 Å². The molecule has 160 valence electrons. The van der Waals surface area contributed by atoms with Gasteiger partial charge in [0, 0.05) is 43.7 Å². The van der Waals surface area contributed by atoms with E-state index in [9.17, 15) is 0 Å². The molecule has 4 heterocycles. The first-order chi connectivity index (χ1) is 15.0. The van der Waals surface area contributed by atoms with Crippen LogP contribution in [0.2, 0.25) is 0 Å². The summed E-state index contributed by atoms with van der Waals surface area (Å²) in [5.41, 5.74) is 4.82. The van der Waals surface area contributed by atoms with Crippen molar-refractivity contribution < 1.29 is 0 Å². The van der Waals surface area contributed by atoms with Gasteiger partial charge in [-0.2, -0.15) is 10.2 Å². The predicted molar refractivity (Wildman–Crippen MR) is 125 cm³/mol. The van der Waals surface area contributed by atoms with Crippen LogP contribution in [0, 0.1) is 0 Å². The van der Waals surface area contributed by atoms with Gasteiger partial charge in [-0.1, -0.05) is 13.8 Å². The molecule has 8 nitrogen and oxygen atoms in total. The number of nitrogens with one attached hydrogen (secondary N) is 1. The van der Waals surface area contributed by atoms with Crippen LogP contribution in [-0.4, -0.2) is 43.0 Å². The van der Waals surface area contributed by atoms with Crippen molar-refractivity contribution in [2.24, 2.45) is 7.05 Å². The van der Waals surface area contributed by atoms with E-state index in [1.807, 2.05) is 42.3 Å². The fourth-order valence-corrected chi connectivity index (χ4v) is 3.55. The van der Waals surface area contributed by atoms with Crippen molar-refractivity contribution in [1.29, 1.82) is 0 Å². The van der Waals surface area contributed by atoms with Crippen molar-refractivity contribution in [3.05, 3.63) is 48.4 Å². The standard InChI is InChI=1S/C23H28N8/c1-6-31(7-2)23-18(14-30(5)29-23)17-10-20-19(24-12-17)8-9-21(26-20)27-22-11-16(15(3)4)13-25-28-22/h8-15H,6-7H2,1-5H3,(H,26,27,28). The van der Waals surface area contributed by atoms with E-state index in [2.05, 4.69) is 64.3 Å². The summed E-state index contributed by atoms with van der Waals surface area (Å²) in [6, 6.07) is 7.94. The molecule has 0 amide bonds. The predicted octanol–water partition coefficient (Wildman–Crippen LogP) is 4.53. The molecule has 0 aromatic carbocycles. The highest BCUT2D eigenvalue weighted by atomic mass is 15.3. The lowest BCUT2D eigenvalue weighted by atomic mass is 10.1. The number of nitrogens with zero attached hydrogens (tertiary/aromatic N) is 7. The Morgan fingerprint density at radius 2 is 1.84 bits per heavy atom. The van der Waals surface area contributed by atoms with E-state index in [1.165, 1.54) is 0 Å². The number of rotatable bonds is 7. The van der Waals surface area contributed by atoms with E-state index < -0.39 is 0 Å². The van der Waals surface area contributed by atoms with Crippen molar-refractivity contribution in [2.75, 3.05) is 23.3 Å². The van der Waals surface area contributed by atoms with Crippen LogP contribution in [0.3, 0.4) is 0 Å². The van der Waals surface area contributed by atoms with Gasteiger partial charge in [-0.3, -0.25) is 9.67 Å². The van der Waals surface area contributed by atoms with Crippen LogP contribution < -0.4 is 10.2 Å². The molecule has 0 spiro atoms. The molecule has 0 unspecified atom stereocenters. The highest BCUT2D eigenvalue weighted by Crippen LogP contribution is 2.31. The highest BCUT2D eigenvalue weighted by molar-refractivity contribution is 5.84. The number of hydrogen-bond donors (Lipinski definition) is 1. The normalized spacial score (nSPS) is 11.3. The van der Waals surface area contributed by atoms with E-state index in [0.29, 0.717) is 17.6 Å². The first kappa shape index (κ1) is 20.7. The Bertz CT molecular complexity index is 1190. The van der Waals surface area contributed by atoms with E-state index >= 15 is 0 Å². The molecule has 8 heteroatoms. The Hall–Kier alpha value is -3.55. The molecule has 31 heavy (non-hydrogen) atoms. The van der Waals surface area contributed by atoms with Crippen molar-refractivity contribution in [3.8, 4) is 11.1 Å². The van der Waals surface area contributed by atoms with Crippen LogP contribution in [0.1, 0.15) is 39.2 Å². The van der Waals surface area contributed by atoms with Crippen LogP contribution in [-0.2, 0) is 7.05 Å². The molecule has 0 fully saturated rings. The van der Waals surface area contributed by atoms with Gasteiger partial charge in [0.25, 0.3) is 0 Å². The Morgan fingerprint density at radius 3 is 2.58 bits per heavy atom. The van der Waals surface area contributed by atoms with Gasteiger partial charge in [0.15, 0.2) is 11.6 Å². The third-order valence-corrected chi connectivity index (χ3v) is 5.32. The van der Waals surface area contributed by atoms with Gasteiger partial charge < -0.3 is 10.2 Å². The third-order valence-electron chi connectivity index (χ3n) is 5.32. The van der Waals surface area contributed by atoms with Crippen molar-refractivity contribution in [3.63, 3.8) is 0 Å². The molecule has 0 bridgehead atoms. The topological polar surface area (TPSA) is 84.7 Å². The van der Waals surface area contributed by atoms with Gasteiger partial charge in [0.2, 0.25) is 0 Å². The van der Waals surface area contributed by atoms with Crippen molar-refractivity contribution in [1.82, 2.24) is 29.9 Å². The van der Waals surface area contributed by atoms with Gasteiger partial charge in [-0.15, -0.1) is 5.10 Å². The molecule has 0 radical (unpaired) electrons. The Balaban J connectivity index is 1.70. The maximum Gasteiger partial charge on any atom is 0.158 e. The molecular formula is C23H28N8. The van der Waals surface area contributed by atoms with Crippen molar-refractivity contribution >= 4 is 28.5 Å². The molecule has 4 rings (SSSR count). The summed E-state index contributed by atoms with van der Waals surface area (Å²) in [5, 5.41) is 16.2. The van der Waals surface area contributed by atoms with Gasteiger partial charge >= 0.3 is 0 Å². The van der Waals surface area contributed by atoms with Crippen molar-refractivity contribution in [2.45, 2.75) is 33.6 Å². The lowest BCUT2D eigenvalue weighted by Crippen LogP contribution is -2.23. The summed E-state index contributed by atoms with van der Waals surface area (Å²) in [7, 11) is 1.94. The average Bonchev–Trinajstić information content (AvgIpc) is 3.15. The minimum absolute atomic E-state index is 0.381. The van der Waals surface area contributed by atoms with Gasteiger partial charge in [0.05, 0.1) is 17.2 Å². The number of anilines is 3. The Labute approximate surface area is 182 Å². The average molecular weight is 417 g/mol. The van der Waals surface area contributed by atoms with Crippen LogP contribution in [0.15, 0.2) is 42.9 Å².